The zero-order valence-corrected chi connectivity index (χ0v) is 9.59. The van der Waals surface area contributed by atoms with Crippen LogP contribution >= 0.6 is 0 Å². The molecular weight excluding hydrogens is 267 g/mol. The number of β-amino-alcohol motifs (C(OH)–C–C–N with tert-alkyl or cyclic N) is 1. The van der Waals surface area contributed by atoms with Crippen LogP contribution in [0, 0.1) is 10.1 Å². The van der Waals surface area contributed by atoms with Crippen LogP contribution in [0.5, 0.6) is 0 Å². The number of halogens is 3. The Morgan fingerprint density at radius 1 is 1.53 bits per heavy atom. The van der Waals surface area contributed by atoms with Crippen molar-refractivity contribution in [2.75, 3.05) is 18.0 Å². The standard InChI is InChI=1S/C10H10F3N3O3/c11-10(12,13)9-3-7(8(4-14-9)16(18)19)15-2-1-6(17)5-15/h3-4,6,17H,1-2,5H2/t6-/m1/s1. The Hall–Kier alpha value is -1.90. The summed E-state index contributed by atoms with van der Waals surface area (Å²) in [4.78, 5) is 14.5. The summed E-state index contributed by atoms with van der Waals surface area (Å²) >= 11 is 0. The minimum absolute atomic E-state index is 0.0716. The number of rotatable bonds is 2. The minimum atomic E-state index is -4.66. The van der Waals surface area contributed by atoms with Gasteiger partial charge in [0, 0.05) is 13.1 Å². The highest BCUT2D eigenvalue weighted by atomic mass is 19.4. The molecule has 2 rings (SSSR count). The van der Waals surface area contributed by atoms with E-state index in [1.807, 2.05) is 0 Å². The van der Waals surface area contributed by atoms with E-state index in [0.717, 1.165) is 0 Å². The molecule has 0 amide bonds. The van der Waals surface area contributed by atoms with Gasteiger partial charge in [-0.15, -0.1) is 0 Å². The second-order valence-electron chi connectivity index (χ2n) is 4.20. The Kier molecular flexibility index (Phi) is 3.31. The fourth-order valence-electron chi connectivity index (χ4n) is 1.95. The van der Waals surface area contributed by atoms with E-state index in [4.69, 9.17) is 0 Å². The summed E-state index contributed by atoms with van der Waals surface area (Å²) in [6, 6.07) is 0.649. The highest BCUT2D eigenvalue weighted by Gasteiger charge is 2.36. The van der Waals surface area contributed by atoms with Gasteiger partial charge in [0.15, 0.2) is 0 Å². The van der Waals surface area contributed by atoms with Crippen molar-refractivity contribution in [3.63, 3.8) is 0 Å². The van der Waals surface area contributed by atoms with Crippen LogP contribution < -0.4 is 4.90 Å². The summed E-state index contributed by atoms with van der Waals surface area (Å²) in [5.74, 6) is 0. The molecule has 1 aliphatic rings. The van der Waals surface area contributed by atoms with Crippen molar-refractivity contribution in [3.8, 4) is 0 Å². The van der Waals surface area contributed by atoms with Crippen LogP contribution in [0.25, 0.3) is 0 Å². The van der Waals surface area contributed by atoms with Gasteiger partial charge in [-0.2, -0.15) is 13.2 Å². The van der Waals surface area contributed by atoms with Crippen molar-refractivity contribution in [3.05, 3.63) is 28.1 Å². The zero-order valence-electron chi connectivity index (χ0n) is 9.59. The molecule has 9 heteroatoms. The Labute approximate surface area is 105 Å². The minimum Gasteiger partial charge on any atom is -0.391 e. The molecule has 1 atom stereocenters. The number of alkyl halides is 3. The molecule has 0 spiro atoms. The van der Waals surface area contributed by atoms with Crippen molar-refractivity contribution in [2.45, 2.75) is 18.7 Å². The van der Waals surface area contributed by atoms with Gasteiger partial charge in [0.25, 0.3) is 0 Å². The predicted molar refractivity (Wildman–Crippen MR) is 58.7 cm³/mol. The lowest BCUT2D eigenvalue weighted by Gasteiger charge is -2.18. The normalized spacial score (nSPS) is 19.8. The topological polar surface area (TPSA) is 79.5 Å². The second kappa shape index (κ2) is 4.65. The van der Waals surface area contributed by atoms with E-state index in [9.17, 15) is 28.4 Å². The van der Waals surface area contributed by atoms with Gasteiger partial charge in [-0.1, -0.05) is 0 Å². The van der Waals surface area contributed by atoms with E-state index in [1.54, 1.807) is 0 Å². The lowest BCUT2D eigenvalue weighted by molar-refractivity contribution is -0.384. The summed E-state index contributed by atoms with van der Waals surface area (Å²) < 4.78 is 37.7. The van der Waals surface area contributed by atoms with Crippen LogP contribution in [-0.4, -0.2) is 34.2 Å². The quantitative estimate of drug-likeness (QED) is 0.655. The number of anilines is 1. The molecule has 2 heterocycles. The largest absolute Gasteiger partial charge is 0.433 e. The van der Waals surface area contributed by atoms with E-state index in [1.165, 1.54) is 4.90 Å². The molecular formula is C10H10F3N3O3. The second-order valence-corrected chi connectivity index (χ2v) is 4.20. The summed E-state index contributed by atoms with van der Waals surface area (Å²) in [5.41, 5.74) is -1.85. The third kappa shape index (κ3) is 2.75. The van der Waals surface area contributed by atoms with Crippen molar-refractivity contribution in [2.24, 2.45) is 0 Å². The van der Waals surface area contributed by atoms with Crippen LogP contribution in [-0.2, 0) is 6.18 Å². The number of aromatic nitrogens is 1. The van der Waals surface area contributed by atoms with E-state index in [-0.39, 0.29) is 18.8 Å². The molecule has 19 heavy (non-hydrogen) atoms. The fourth-order valence-corrected chi connectivity index (χ4v) is 1.95. The van der Waals surface area contributed by atoms with Crippen LogP contribution in [0.15, 0.2) is 12.3 Å². The molecule has 0 saturated carbocycles. The number of hydrogen-bond donors (Lipinski definition) is 1. The maximum atomic E-state index is 12.6. The zero-order chi connectivity index (χ0) is 14.2. The highest BCUT2D eigenvalue weighted by molar-refractivity contribution is 5.63. The predicted octanol–water partition coefficient (Wildman–Crippen LogP) is 1.58. The van der Waals surface area contributed by atoms with Gasteiger partial charge in [0.2, 0.25) is 0 Å². The summed E-state index contributed by atoms with van der Waals surface area (Å²) in [6.07, 6.45) is -4.39. The van der Waals surface area contributed by atoms with Gasteiger partial charge in [-0.25, -0.2) is 4.98 Å². The fraction of sp³-hybridized carbons (Fsp3) is 0.500. The number of aliphatic hydroxyl groups is 1. The molecule has 104 valence electrons. The Bertz CT molecular complexity index is 507. The first-order chi connectivity index (χ1) is 8.79. The molecule has 0 radical (unpaired) electrons. The third-order valence-corrected chi connectivity index (χ3v) is 2.85. The van der Waals surface area contributed by atoms with Crippen LogP contribution in [0.3, 0.4) is 0 Å². The van der Waals surface area contributed by atoms with Gasteiger partial charge >= 0.3 is 11.9 Å². The number of pyridine rings is 1. The monoisotopic (exact) mass is 277 g/mol. The molecule has 1 aliphatic heterocycles. The number of hydrogen-bond acceptors (Lipinski definition) is 5. The molecule has 6 nitrogen and oxygen atoms in total. The molecule has 1 saturated heterocycles. The van der Waals surface area contributed by atoms with Gasteiger partial charge in [0.1, 0.15) is 17.6 Å². The summed E-state index contributed by atoms with van der Waals surface area (Å²) in [5, 5.41) is 20.2. The molecule has 1 aromatic rings. The molecule has 0 bridgehead atoms. The molecule has 0 unspecified atom stereocenters. The Morgan fingerprint density at radius 2 is 2.21 bits per heavy atom. The Balaban J connectivity index is 2.45. The average molecular weight is 277 g/mol. The maximum Gasteiger partial charge on any atom is 0.433 e. The number of nitro groups is 1. The van der Waals surface area contributed by atoms with Crippen molar-refractivity contribution >= 4 is 11.4 Å². The first-order valence-corrected chi connectivity index (χ1v) is 5.43. The van der Waals surface area contributed by atoms with Crippen molar-refractivity contribution in [1.29, 1.82) is 0 Å². The first kappa shape index (κ1) is 13.5. The third-order valence-electron chi connectivity index (χ3n) is 2.85. The smallest absolute Gasteiger partial charge is 0.391 e. The van der Waals surface area contributed by atoms with Crippen LogP contribution in [0.1, 0.15) is 12.1 Å². The van der Waals surface area contributed by atoms with Gasteiger partial charge in [-0.3, -0.25) is 10.1 Å². The first-order valence-electron chi connectivity index (χ1n) is 5.43. The lowest BCUT2D eigenvalue weighted by atomic mass is 10.2. The number of nitrogens with zero attached hydrogens (tertiary/aromatic N) is 3. The molecule has 1 aromatic heterocycles. The van der Waals surface area contributed by atoms with Gasteiger partial charge < -0.3 is 10.0 Å². The van der Waals surface area contributed by atoms with Crippen LogP contribution in [0.4, 0.5) is 24.5 Å². The van der Waals surface area contributed by atoms with Crippen molar-refractivity contribution in [1.82, 2.24) is 4.98 Å². The summed E-state index contributed by atoms with van der Waals surface area (Å²) in [7, 11) is 0. The van der Waals surface area contributed by atoms with Crippen LogP contribution in [0.2, 0.25) is 0 Å². The summed E-state index contributed by atoms with van der Waals surface area (Å²) in [6.45, 7) is 0.339. The number of aliphatic hydroxyl groups excluding tert-OH is 1. The van der Waals surface area contributed by atoms with E-state index < -0.39 is 28.6 Å². The molecule has 0 aromatic carbocycles. The lowest BCUT2D eigenvalue weighted by Crippen LogP contribution is -2.23. The van der Waals surface area contributed by atoms with Gasteiger partial charge in [0.05, 0.1) is 11.0 Å². The molecule has 1 fully saturated rings. The maximum absolute atomic E-state index is 12.6. The Morgan fingerprint density at radius 3 is 2.68 bits per heavy atom. The van der Waals surface area contributed by atoms with Crippen molar-refractivity contribution < 1.29 is 23.2 Å². The SMILES string of the molecule is O=[N+]([O-])c1cnc(C(F)(F)F)cc1N1CC[C@@H](O)C1. The molecule has 1 N–H and O–H groups in total. The van der Waals surface area contributed by atoms with E-state index in [0.29, 0.717) is 18.7 Å². The van der Waals surface area contributed by atoms with E-state index >= 15 is 0 Å². The van der Waals surface area contributed by atoms with Gasteiger partial charge in [-0.05, 0) is 12.5 Å². The molecule has 0 aliphatic carbocycles. The average Bonchev–Trinajstić information content (AvgIpc) is 2.73. The highest BCUT2D eigenvalue weighted by Crippen LogP contribution is 2.35. The van der Waals surface area contributed by atoms with E-state index in [2.05, 4.69) is 4.98 Å².